The van der Waals surface area contributed by atoms with E-state index in [1.807, 2.05) is 13.8 Å². The first-order chi connectivity index (χ1) is 11.8. The maximum absolute atomic E-state index is 12.4. The number of rotatable bonds is 8. The number of pyridine rings is 1. The van der Waals surface area contributed by atoms with Gasteiger partial charge in [0.2, 0.25) is 0 Å². The maximum atomic E-state index is 12.4. The molecule has 0 saturated heterocycles. The highest BCUT2D eigenvalue weighted by atomic mass is 32.2. The van der Waals surface area contributed by atoms with Gasteiger partial charge in [-0.1, -0.05) is 6.92 Å². The number of nitrogens with zero attached hydrogens (tertiary/aromatic N) is 1. The molecular weight excluding hydrogens is 338 g/mol. The normalized spacial score (nSPS) is 12.7. The first-order valence-corrected chi connectivity index (χ1v) is 9.80. The standard InChI is InChI=1S/C18H25N3O3S/c1-5-14(4)20-15-6-11-18(19-12-15)21-25(22,23)17-9-7-16(8-10-17)24-13(2)3/h6-14,20H,5H2,1-4H3,(H,19,21). The molecule has 6 nitrogen and oxygen atoms in total. The smallest absolute Gasteiger partial charge is 0.263 e. The number of ether oxygens (including phenoxy) is 1. The molecule has 1 unspecified atom stereocenters. The van der Waals surface area contributed by atoms with Gasteiger partial charge >= 0.3 is 0 Å². The van der Waals surface area contributed by atoms with Crippen LogP contribution >= 0.6 is 0 Å². The highest BCUT2D eigenvalue weighted by molar-refractivity contribution is 7.92. The summed E-state index contributed by atoms with van der Waals surface area (Å²) >= 11 is 0. The number of hydrogen-bond donors (Lipinski definition) is 2. The van der Waals surface area contributed by atoms with Gasteiger partial charge in [-0.2, -0.15) is 0 Å². The summed E-state index contributed by atoms with van der Waals surface area (Å²) < 4.78 is 32.9. The first-order valence-electron chi connectivity index (χ1n) is 8.32. The highest BCUT2D eigenvalue weighted by Gasteiger charge is 2.15. The van der Waals surface area contributed by atoms with Crippen molar-refractivity contribution < 1.29 is 13.2 Å². The van der Waals surface area contributed by atoms with Crippen LogP contribution in [0.5, 0.6) is 5.75 Å². The molecule has 2 rings (SSSR count). The van der Waals surface area contributed by atoms with Crippen LogP contribution in [0.15, 0.2) is 47.5 Å². The molecule has 1 heterocycles. The van der Waals surface area contributed by atoms with Gasteiger partial charge < -0.3 is 10.1 Å². The van der Waals surface area contributed by atoms with Crippen molar-refractivity contribution >= 4 is 21.5 Å². The van der Waals surface area contributed by atoms with E-state index in [1.165, 1.54) is 12.1 Å². The number of nitrogens with one attached hydrogen (secondary N) is 2. The van der Waals surface area contributed by atoms with Gasteiger partial charge in [0.25, 0.3) is 10.0 Å². The molecule has 0 radical (unpaired) electrons. The molecule has 0 amide bonds. The van der Waals surface area contributed by atoms with Crippen LogP contribution in [-0.4, -0.2) is 25.5 Å². The molecule has 7 heteroatoms. The molecule has 25 heavy (non-hydrogen) atoms. The fourth-order valence-corrected chi connectivity index (χ4v) is 3.10. The van der Waals surface area contributed by atoms with Gasteiger partial charge in [-0.25, -0.2) is 13.4 Å². The molecule has 0 aliphatic heterocycles. The average molecular weight is 363 g/mol. The second-order valence-electron chi connectivity index (χ2n) is 6.13. The van der Waals surface area contributed by atoms with Crippen LogP contribution in [-0.2, 0) is 10.0 Å². The summed E-state index contributed by atoms with van der Waals surface area (Å²) in [5, 5.41) is 3.28. The second-order valence-corrected chi connectivity index (χ2v) is 7.81. The van der Waals surface area contributed by atoms with E-state index in [0.29, 0.717) is 11.8 Å². The van der Waals surface area contributed by atoms with Crippen molar-refractivity contribution in [2.45, 2.75) is 51.2 Å². The van der Waals surface area contributed by atoms with Crippen LogP contribution in [0.3, 0.4) is 0 Å². The van der Waals surface area contributed by atoms with E-state index in [4.69, 9.17) is 4.74 Å². The molecule has 0 aliphatic rings. The second kappa shape index (κ2) is 8.20. The Morgan fingerprint density at radius 2 is 1.76 bits per heavy atom. The molecule has 2 N–H and O–H groups in total. The summed E-state index contributed by atoms with van der Waals surface area (Å²) in [5.41, 5.74) is 0.854. The summed E-state index contributed by atoms with van der Waals surface area (Å²) in [6.45, 7) is 7.99. The van der Waals surface area contributed by atoms with Gasteiger partial charge in [0.05, 0.1) is 22.9 Å². The molecular formula is C18H25N3O3S. The first kappa shape index (κ1) is 19.1. The molecule has 0 aliphatic carbocycles. The minimum absolute atomic E-state index is 0.0346. The zero-order valence-corrected chi connectivity index (χ0v) is 15.8. The zero-order valence-electron chi connectivity index (χ0n) is 15.0. The fourth-order valence-electron chi connectivity index (χ4n) is 2.09. The predicted octanol–water partition coefficient (Wildman–Crippen LogP) is 3.88. The van der Waals surface area contributed by atoms with Crippen molar-refractivity contribution in [3.05, 3.63) is 42.6 Å². The van der Waals surface area contributed by atoms with Crippen molar-refractivity contribution in [2.75, 3.05) is 10.0 Å². The number of benzene rings is 1. The van der Waals surface area contributed by atoms with E-state index in [1.54, 1.807) is 30.5 Å². The quantitative estimate of drug-likeness (QED) is 0.744. The van der Waals surface area contributed by atoms with Crippen LogP contribution < -0.4 is 14.8 Å². The van der Waals surface area contributed by atoms with E-state index in [2.05, 4.69) is 28.9 Å². The Balaban J connectivity index is 2.07. The molecule has 136 valence electrons. The van der Waals surface area contributed by atoms with Crippen LogP contribution in [0.1, 0.15) is 34.1 Å². The third kappa shape index (κ3) is 5.63. The summed E-state index contributed by atoms with van der Waals surface area (Å²) in [7, 11) is -3.69. The lowest BCUT2D eigenvalue weighted by atomic mass is 10.2. The van der Waals surface area contributed by atoms with Crippen LogP contribution in [0, 0.1) is 0 Å². The molecule has 0 bridgehead atoms. The van der Waals surface area contributed by atoms with Crippen molar-refractivity contribution in [1.82, 2.24) is 4.98 Å². The van der Waals surface area contributed by atoms with E-state index in [-0.39, 0.29) is 16.8 Å². The van der Waals surface area contributed by atoms with E-state index in [9.17, 15) is 8.42 Å². The van der Waals surface area contributed by atoms with Gasteiger partial charge in [-0.3, -0.25) is 4.72 Å². The van der Waals surface area contributed by atoms with E-state index >= 15 is 0 Å². The lowest BCUT2D eigenvalue weighted by molar-refractivity contribution is 0.242. The Hall–Kier alpha value is -2.28. The van der Waals surface area contributed by atoms with Gasteiger partial charge in [-0.05, 0) is 63.6 Å². The monoisotopic (exact) mass is 363 g/mol. The summed E-state index contributed by atoms with van der Waals surface area (Å²) in [6.07, 6.45) is 2.64. The van der Waals surface area contributed by atoms with Crippen molar-refractivity contribution in [2.24, 2.45) is 0 Å². The molecule has 1 aromatic carbocycles. The maximum Gasteiger partial charge on any atom is 0.263 e. The fraction of sp³-hybridized carbons (Fsp3) is 0.389. The Labute approximate surface area is 149 Å². The molecule has 1 aromatic heterocycles. The third-order valence-electron chi connectivity index (χ3n) is 3.53. The summed E-state index contributed by atoms with van der Waals surface area (Å²) in [5.74, 6) is 0.907. The Bertz CT molecular complexity index is 772. The van der Waals surface area contributed by atoms with Gasteiger partial charge in [0, 0.05) is 6.04 Å². The lowest BCUT2D eigenvalue weighted by Crippen LogP contribution is -2.15. The lowest BCUT2D eigenvalue weighted by Gasteiger charge is -2.13. The van der Waals surface area contributed by atoms with Crippen molar-refractivity contribution in [1.29, 1.82) is 0 Å². The Morgan fingerprint density at radius 3 is 2.28 bits per heavy atom. The number of sulfonamides is 1. The minimum Gasteiger partial charge on any atom is -0.491 e. The van der Waals surface area contributed by atoms with Crippen LogP contribution in [0.2, 0.25) is 0 Å². The Kier molecular flexibility index (Phi) is 6.25. The number of aromatic nitrogens is 1. The summed E-state index contributed by atoms with van der Waals surface area (Å²) in [4.78, 5) is 4.32. The van der Waals surface area contributed by atoms with Gasteiger partial charge in [0.1, 0.15) is 11.6 Å². The van der Waals surface area contributed by atoms with Crippen LogP contribution in [0.25, 0.3) is 0 Å². The highest BCUT2D eigenvalue weighted by Crippen LogP contribution is 2.20. The number of hydrogen-bond acceptors (Lipinski definition) is 5. The zero-order chi connectivity index (χ0) is 18.4. The SMILES string of the molecule is CCC(C)Nc1ccc(NS(=O)(=O)c2ccc(OC(C)C)cc2)nc1. The topological polar surface area (TPSA) is 80.3 Å². The Morgan fingerprint density at radius 1 is 1.08 bits per heavy atom. The molecule has 0 spiro atoms. The largest absolute Gasteiger partial charge is 0.491 e. The predicted molar refractivity (Wildman–Crippen MR) is 101 cm³/mol. The minimum atomic E-state index is -3.69. The summed E-state index contributed by atoms with van der Waals surface area (Å²) in [6, 6.07) is 10.1. The van der Waals surface area contributed by atoms with Gasteiger partial charge in [-0.15, -0.1) is 0 Å². The molecule has 2 aromatic rings. The van der Waals surface area contributed by atoms with Crippen LogP contribution in [0.4, 0.5) is 11.5 Å². The molecule has 1 atom stereocenters. The third-order valence-corrected chi connectivity index (χ3v) is 4.90. The van der Waals surface area contributed by atoms with E-state index < -0.39 is 10.0 Å². The van der Waals surface area contributed by atoms with E-state index in [0.717, 1.165) is 12.1 Å². The average Bonchev–Trinajstić information content (AvgIpc) is 2.56. The molecule has 0 saturated carbocycles. The van der Waals surface area contributed by atoms with Crippen molar-refractivity contribution in [3.8, 4) is 5.75 Å². The van der Waals surface area contributed by atoms with Gasteiger partial charge in [0.15, 0.2) is 0 Å². The van der Waals surface area contributed by atoms with Crippen molar-refractivity contribution in [3.63, 3.8) is 0 Å². The molecule has 0 fully saturated rings. The number of anilines is 2.